The summed E-state index contributed by atoms with van der Waals surface area (Å²) in [6.07, 6.45) is 0.850. The van der Waals surface area contributed by atoms with Crippen LogP contribution in [0.2, 0.25) is 0 Å². The van der Waals surface area contributed by atoms with Crippen LogP contribution in [-0.2, 0) is 9.53 Å². The molecule has 0 fully saturated rings. The van der Waals surface area contributed by atoms with E-state index in [4.69, 9.17) is 4.74 Å². The van der Waals surface area contributed by atoms with E-state index >= 15 is 0 Å². The van der Waals surface area contributed by atoms with Gasteiger partial charge in [0.05, 0.1) is 5.92 Å². The number of hydrogen-bond acceptors (Lipinski definition) is 3. The van der Waals surface area contributed by atoms with Gasteiger partial charge in [0.15, 0.2) is 0 Å². The van der Waals surface area contributed by atoms with Crippen molar-refractivity contribution in [3.63, 3.8) is 0 Å². The number of nitrogens with zero attached hydrogens (tertiary/aromatic N) is 1. The van der Waals surface area contributed by atoms with Crippen LogP contribution in [0.15, 0.2) is 0 Å². The van der Waals surface area contributed by atoms with E-state index in [1.54, 1.807) is 0 Å². The number of esters is 1. The van der Waals surface area contributed by atoms with Crippen LogP contribution >= 0.6 is 0 Å². The average Bonchev–Trinajstić information content (AvgIpc) is 2.07. The summed E-state index contributed by atoms with van der Waals surface area (Å²) in [5, 5.41) is 0. The van der Waals surface area contributed by atoms with E-state index in [2.05, 4.69) is 41.5 Å². The number of carbonyl (C=O) groups is 1. The highest BCUT2D eigenvalue weighted by Crippen LogP contribution is 2.36. The van der Waals surface area contributed by atoms with Crippen LogP contribution in [0.4, 0.5) is 0 Å². The van der Waals surface area contributed by atoms with Crippen molar-refractivity contribution in [3.05, 3.63) is 0 Å². The molecule has 0 saturated heterocycles. The molecule has 0 aromatic carbocycles. The first-order valence-corrected chi connectivity index (χ1v) is 6.25. The predicted octanol–water partition coefficient (Wildman–Crippen LogP) is 3.15. The van der Waals surface area contributed by atoms with Gasteiger partial charge in [0, 0.05) is 0 Å². The molecule has 0 saturated carbocycles. The molecule has 0 aliphatic rings. The first kappa shape index (κ1) is 16.4. The Labute approximate surface area is 107 Å². The van der Waals surface area contributed by atoms with Crippen LogP contribution in [0, 0.1) is 16.7 Å². The SMILES string of the molecule is CN(C)COC(=O)C(CC(C)(C)C)C(C)(C)C. The van der Waals surface area contributed by atoms with Crippen molar-refractivity contribution in [2.45, 2.75) is 48.0 Å². The molecule has 3 nitrogen and oxygen atoms in total. The fraction of sp³-hybridized carbons (Fsp3) is 0.929. The minimum atomic E-state index is -0.0823. The Morgan fingerprint density at radius 2 is 1.59 bits per heavy atom. The monoisotopic (exact) mass is 243 g/mol. The molecule has 0 aromatic heterocycles. The quantitative estimate of drug-likeness (QED) is 0.561. The molecule has 0 aliphatic heterocycles. The first-order chi connectivity index (χ1) is 7.43. The van der Waals surface area contributed by atoms with E-state index in [1.807, 2.05) is 19.0 Å². The smallest absolute Gasteiger partial charge is 0.310 e. The second-order valence-corrected chi connectivity index (χ2v) is 7.36. The maximum Gasteiger partial charge on any atom is 0.310 e. The molecule has 1 unspecified atom stereocenters. The highest BCUT2D eigenvalue weighted by atomic mass is 16.5. The molecule has 17 heavy (non-hydrogen) atoms. The Bertz CT molecular complexity index is 246. The Hall–Kier alpha value is -0.570. The number of rotatable bonds is 4. The molecule has 0 radical (unpaired) electrons. The van der Waals surface area contributed by atoms with Crippen LogP contribution in [0.3, 0.4) is 0 Å². The molecule has 0 amide bonds. The molecular weight excluding hydrogens is 214 g/mol. The highest BCUT2D eigenvalue weighted by Gasteiger charge is 2.35. The van der Waals surface area contributed by atoms with Gasteiger partial charge in [-0.25, -0.2) is 0 Å². The topological polar surface area (TPSA) is 29.5 Å². The summed E-state index contributed by atoms with van der Waals surface area (Å²) < 4.78 is 5.32. The van der Waals surface area contributed by atoms with Gasteiger partial charge in [-0.1, -0.05) is 41.5 Å². The van der Waals surface area contributed by atoms with Gasteiger partial charge < -0.3 is 4.74 Å². The average molecular weight is 243 g/mol. The molecule has 3 heteroatoms. The lowest BCUT2D eigenvalue weighted by Crippen LogP contribution is -2.35. The zero-order chi connectivity index (χ0) is 13.9. The first-order valence-electron chi connectivity index (χ1n) is 6.25. The molecule has 0 heterocycles. The Kier molecular flexibility index (Phi) is 5.66. The predicted molar refractivity (Wildman–Crippen MR) is 71.7 cm³/mol. The van der Waals surface area contributed by atoms with Crippen LogP contribution < -0.4 is 0 Å². The third kappa shape index (κ3) is 7.37. The molecule has 102 valence electrons. The van der Waals surface area contributed by atoms with Gasteiger partial charge in [0.25, 0.3) is 0 Å². The van der Waals surface area contributed by atoms with E-state index in [-0.39, 0.29) is 22.7 Å². The molecule has 0 spiro atoms. The molecular formula is C14H29NO2. The minimum Gasteiger partial charge on any atom is -0.449 e. The third-order valence-electron chi connectivity index (χ3n) is 2.61. The lowest BCUT2D eigenvalue weighted by Gasteiger charge is -2.34. The fourth-order valence-corrected chi connectivity index (χ4v) is 1.65. The van der Waals surface area contributed by atoms with Crippen molar-refractivity contribution in [3.8, 4) is 0 Å². The molecule has 0 bridgehead atoms. The van der Waals surface area contributed by atoms with Crippen molar-refractivity contribution in [1.82, 2.24) is 4.90 Å². The Balaban J connectivity index is 4.65. The summed E-state index contributed by atoms with van der Waals surface area (Å²) in [5.74, 6) is -0.136. The third-order valence-corrected chi connectivity index (χ3v) is 2.61. The Morgan fingerprint density at radius 1 is 1.12 bits per heavy atom. The van der Waals surface area contributed by atoms with E-state index < -0.39 is 0 Å². The molecule has 0 aromatic rings. The van der Waals surface area contributed by atoms with E-state index in [0.717, 1.165) is 6.42 Å². The fourth-order valence-electron chi connectivity index (χ4n) is 1.65. The second-order valence-electron chi connectivity index (χ2n) is 7.36. The largest absolute Gasteiger partial charge is 0.449 e. The lowest BCUT2D eigenvalue weighted by atomic mass is 9.72. The normalized spacial score (nSPS) is 14.9. The van der Waals surface area contributed by atoms with Crippen LogP contribution in [0.1, 0.15) is 48.0 Å². The van der Waals surface area contributed by atoms with Gasteiger partial charge in [-0.15, -0.1) is 0 Å². The number of carbonyl (C=O) groups excluding carboxylic acids is 1. The summed E-state index contributed by atoms with van der Waals surface area (Å²) in [4.78, 5) is 14.0. The summed E-state index contributed by atoms with van der Waals surface area (Å²) in [6, 6.07) is 0. The van der Waals surface area contributed by atoms with Gasteiger partial charge in [-0.2, -0.15) is 0 Å². The second kappa shape index (κ2) is 5.85. The maximum atomic E-state index is 12.1. The van der Waals surface area contributed by atoms with Crippen molar-refractivity contribution in [2.75, 3.05) is 20.8 Å². The van der Waals surface area contributed by atoms with Gasteiger partial charge in [0.2, 0.25) is 0 Å². The van der Waals surface area contributed by atoms with Crippen molar-refractivity contribution in [1.29, 1.82) is 0 Å². The van der Waals surface area contributed by atoms with E-state index in [1.165, 1.54) is 0 Å². The van der Waals surface area contributed by atoms with E-state index in [0.29, 0.717) is 6.73 Å². The van der Waals surface area contributed by atoms with Gasteiger partial charge in [-0.05, 0) is 31.3 Å². The highest BCUT2D eigenvalue weighted by molar-refractivity contribution is 5.73. The molecule has 1 atom stereocenters. The van der Waals surface area contributed by atoms with Crippen molar-refractivity contribution < 1.29 is 9.53 Å². The van der Waals surface area contributed by atoms with Crippen molar-refractivity contribution >= 4 is 5.97 Å². The number of ether oxygens (including phenoxy) is 1. The van der Waals surface area contributed by atoms with Gasteiger partial charge >= 0.3 is 5.97 Å². The molecule has 0 rings (SSSR count). The van der Waals surface area contributed by atoms with Crippen LogP contribution in [0.25, 0.3) is 0 Å². The van der Waals surface area contributed by atoms with E-state index in [9.17, 15) is 4.79 Å². The molecule has 0 aliphatic carbocycles. The van der Waals surface area contributed by atoms with Crippen LogP contribution in [0.5, 0.6) is 0 Å². The zero-order valence-corrected chi connectivity index (χ0v) is 12.8. The lowest BCUT2D eigenvalue weighted by molar-refractivity contribution is -0.157. The van der Waals surface area contributed by atoms with Gasteiger partial charge in [0.1, 0.15) is 6.73 Å². The van der Waals surface area contributed by atoms with Crippen molar-refractivity contribution in [2.24, 2.45) is 16.7 Å². The van der Waals surface area contributed by atoms with Gasteiger partial charge in [-0.3, -0.25) is 9.69 Å². The summed E-state index contributed by atoms with van der Waals surface area (Å²) in [6.45, 7) is 13.1. The number of hydrogen-bond donors (Lipinski definition) is 0. The standard InChI is InChI=1S/C14H29NO2/c1-13(2,3)9-11(14(4,5)6)12(16)17-10-15(7)8/h11H,9-10H2,1-8H3. The zero-order valence-electron chi connectivity index (χ0n) is 12.8. The maximum absolute atomic E-state index is 12.1. The summed E-state index contributed by atoms with van der Waals surface area (Å²) >= 11 is 0. The molecule has 0 N–H and O–H groups in total. The Morgan fingerprint density at radius 3 is 1.88 bits per heavy atom. The summed E-state index contributed by atoms with van der Waals surface area (Å²) in [5.41, 5.74) is 0.0752. The van der Waals surface area contributed by atoms with Crippen LogP contribution in [-0.4, -0.2) is 31.7 Å². The minimum absolute atomic E-state index is 0.0533. The summed E-state index contributed by atoms with van der Waals surface area (Å²) in [7, 11) is 3.78.